The summed E-state index contributed by atoms with van der Waals surface area (Å²) in [4.78, 5) is 13.2. The van der Waals surface area contributed by atoms with Crippen molar-refractivity contribution in [1.29, 1.82) is 0 Å². The first-order valence-corrected chi connectivity index (χ1v) is 9.93. The first-order chi connectivity index (χ1) is 14.1. The third-order valence-corrected chi connectivity index (χ3v) is 4.99. The van der Waals surface area contributed by atoms with Crippen LogP contribution in [0.1, 0.15) is 42.1 Å². The quantitative estimate of drug-likeness (QED) is 0.541. The van der Waals surface area contributed by atoms with Crippen molar-refractivity contribution in [2.45, 2.75) is 32.4 Å². The van der Waals surface area contributed by atoms with Gasteiger partial charge in [-0.25, -0.2) is 0 Å². The topological polar surface area (TPSA) is 50.4 Å². The normalized spacial score (nSPS) is 12.8. The van der Waals surface area contributed by atoms with Gasteiger partial charge >= 0.3 is 0 Å². The monoisotopic (exact) mass is 388 g/mol. The largest absolute Gasteiger partial charge is 0.497 e. The summed E-state index contributed by atoms with van der Waals surface area (Å²) in [5.74, 6) is 0.605. The summed E-state index contributed by atoms with van der Waals surface area (Å²) in [5, 5.41) is 6.58. The van der Waals surface area contributed by atoms with Crippen molar-refractivity contribution in [3.05, 3.63) is 95.6 Å². The van der Waals surface area contributed by atoms with Crippen LogP contribution < -0.4 is 15.4 Å². The van der Waals surface area contributed by atoms with Crippen LogP contribution in [0.25, 0.3) is 0 Å². The number of aryl methyl sites for hydroxylation is 1. The molecule has 3 aromatic carbocycles. The van der Waals surface area contributed by atoms with Crippen molar-refractivity contribution in [1.82, 2.24) is 5.32 Å². The molecular formula is C25H28N2O2. The average Bonchev–Trinajstić information content (AvgIpc) is 2.76. The van der Waals surface area contributed by atoms with E-state index in [2.05, 4.69) is 48.7 Å². The lowest BCUT2D eigenvalue weighted by Crippen LogP contribution is -2.35. The molecule has 0 bridgehead atoms. The van der Waals surface area contributed by atoms with Gasteiger partial charge in [-0.3, -0.25) is 10.1 Å². The highest BCUT2D eigenvalue weighted by Gasteiger charge is 2.24. The zero-order valence-corrected chi connectivity index (χ0v) is 17.2. The highest BCUT2D eigenvalue weighted by atomic mass is 16.5. The predicted octanol–water partition coefficient (Wildman–Crippen LogP) is 5.42. The van der Waals surface area contributed by atoms with Crippen LogP contribution in [0.3, 0.4) is 0 Å². The predicted molar refractivity (Wildman–Crippen MR) is 118 cm³/mol. The lowest BCUT2D eigenvalue weighted by Gasteiger charge is -2.25. The zero-order chi connectivity index (χ0) is 20.6. The molecule has 1 amide bonds. The number of amides is 1. The number of ether oxygens (including phenoxy) is 1. The van der Waals surface area contributed by atoms with Crippen LogP contribution in [0.5, 0.6) is 5.75 Å². The molecule has 0 aliphatic rings. The van der Waals surface area contributed by atoms with E-state index in [1.54, 1.807) is 7.11 Å². The smallest absolute Gasteiger partial charge is 0.246 e. The van der Waals surface area contributed by atoms with Crippen LogP contribution in [0, 0.1) is 6.92 Å². The van der Waals surface area contributed by atoms with Crippen molar-refractivity contribution in [2.24, 2.45) is 0 Å². The lowest BCUT2D eigenvalue weighted by atomic mass is 9.99. The second-order valence-electron chi connectivity index (χ2n) is 7.10. The Hall–Kier alpha value is -3.11. The summed E-state index contributed by atoms with van der Waals surface area (Å²) in [5.41, 5.74) is 4.03. The van der Waals surface area contributed by atoms with E-state index in [0.717, 1.165) is 12.0 Å². The summed E-state index contributed by atoms with van der Waals surface area (Å²) >= 11 is 0. The van der Waals surface area contributed by atoms with Gasteiger partial charge in [0.2, 0.25) is 5.91 Å². The van der Waals surface area contributed by atoms with E-state index in [0.29, 0.717) is 11.4 Å². The first-order valence-electron chi connectivity index (χ1n) is 9.93. The van der Waals surface area contributed by atoms with E-state index in [4.69, 9.17) is 4.74 Å². The van der Waals surface area contributed by atoms with E-state index in [9.17, 15) is 4.79 Å². The van der Waals surface area contributed by atoms with E-state index in [1.165, 1.54) is 11.1 Å². The highest BCUT2D eigenvalue weighted by molar-refractivity contribution is 5.95. The SMILES string of the molecule is CC[C@H](N[C@H](C(=O)Nc1cccc(OC)c1)c1ccccc1)c1ccc(C)cc1. The van der Waals surface area contributed by atoms with Crippen molar-refractivity contribution >= 4 is 11.6 Å². The average molecular weight is 389 g/mol. The fourth-order valence-electron chi connectivity index (χ4n) is 3.33. The van der Waals surface area contributed by atoms with Crippen LogP contribution in [-0.4, -0.2) is 13.0 Å². The summed E-state index contributed by atoms with van der Waals surface area (Å²) in [7, 11) is 1.61. The fourth-order valence-corrected chi connectivity index (χ4v) is 3.33. The minimum absolute atomic E-state index is 0.0665. The van der Waals surface area contributed by atoms with Crippen LogP contribution >= 0.6 is 0 Å². The molecule has 0 saturated heterocycles. The summed E-state index contributed by atoms with van der Waals surface area (Å²) < 4.78 is 5.26. The summed E-state index contributed by atoms with van der Waals surface area (Å²) in [6.45, 7) is 4.20. The molecule has 0 aliphatic heterocycles. The van der Waals surface area contributed by atoms with Crippen LogP contribution in [-0.2, 0) is 4.79 Å². The molecule has 4 nitrogen and oxygen atoms in total. The Bertz CT molecular complexity index is 923. The van der Waals surface area contributed by atoms with E-state index >= 15 is 0 Å². The minimum atomic E-state index is -0.478. The molecule has 0 aliphatic carbocycles. The molecule has 0 saturated carbocycles. The number of anilines is 1. The number of carbonyl (C=O) groups excluding carboxylic acids is 1. The number of methoxy groups -OCH3 is 1. The molecule has 0 unspecified atom stereocenters. The van der Waals surface area contributed by atoms with Gasteiger partial charge in [0.05, 0.1) is 7.11 Å². The molecule has 29 heavy (non-hydrogen) atoms. The van der Waals surface area contributed by atoms with Crippen LogP contribution in [0.15, 0.2) is 78.9 Å². The number of nitrogens with one attached hydrogen (secondary N) is 2. The Kier molecular flexibility index (Phi) is 7.04. The molecular weight excluding hydrogens is 360 g/mol. The maximum absolute atomic E-state index is 13.2. The maximum Gasteiger partial charge on any atom is 0.246 e. The molecule has 2 atom stereocenters. The number of hydrogen-bond acceptors (Lipinski definition) is 3. The van der Waals surface area contributed by atoms with E-state index in [-0.39, 0.29) is 11.9 Å². The molecule has 0 heterocycles. The third-order valence-electron chi connectivity index (χ3n) is 4.99. The molecule has 2 N–H and O–H groups in total. The fraction of sp³-hybridized carbons (Fsp3) is 0.240. The molecule has 0 spiro atoms. The molecule has 0 aromatic heterocycles. The molecule has 0 fully saturated rings. The van der Waals surface area contributed by atoms with Gasteiger partial charge in [-0.15, -0.1) is 0 Å². The van der Waals surface area contributed by atoms with Gasteiger partial charge in [0.15, 0.2) is 0 Å². The Morgan fingerprint density at radius 3 is 2.31 bits per heavy atom. The first kappa shape index (κ1) is 20.6. The van der Waals surface area contributed by atoms with Crippen molar-refractivity contribution < 1.29 is 9.53 Å². The van der Waals surface area contributed by atoms with Crippen molar-refractivity contribution in [3.63, 3.8) is 0 Å². The van der Waals surface area contributed by atoms with Gasteiger partial charge in [-0.1, -0.05) is 73.2 Å². The van der Waals surface area contributed by atoms with Gasteiger partial charge in [-0.05, 0) is 36.6 Å². The Morgan fingerprint density at radius 1 is 0.931 bits per heavy atom. The molecule has 4 heteroatoms. The van der Waals surface area contributed by atoms with Gasteiger partial charge in [0.1, 0.15) is 11.8 Å². The van der Waals surface area contributed by atoms with Crippen molar-refractivity contribution in [3.8, 4) is 5.75 Å². The van der Waals surface area contributed by atoms with Gasteiger partial charge in [-0.2, -0.15) is 0 Å². The number of hydrogen-bond donors (Lipinski definition) is 2. The second kappa shape index (κ2) is 9.89. The lowest BCUT2D eigenvalue weighted by molar-refractivity contribution is -0.118. The highest BCUT2D eigenvalue weighted by Crippen LogP contribution is 2.25. The third kappa shape index (κ3) is 5.46. The van der Waals surface area contributed by atoms with Gasteiger partial charge < -0.3 is 10.1 Å². The maximum atomic E-state index is 13.2. The Morgan fingerprint density at radius 2 is 1.66 bits per heavy atom. The summed E-state index contributed by atoms with van der Waals surface area (Å²) in [6, 6.07) is 25.3. The molecule has 3 rings (SSSR count). The Balaban J connectivity index is 1.85. The summed E-state index contributed by atoms with van der Waals surface area (Å²) in [6.07, 6.45) is 0.874. The van der Waals surface area contributed by atoms with Gasteiger partial charge in [0.25, 0.3) is 0 Å². The van der Waals surface area contributed by atoms with Gasteiger partial charge in [0, 0.05) is 17.8 Å². The van der Waals surface area contributed by atoms with E-state index < -0.39 is 6.04 Å². The number of carbonyl (C=O) groups is 1. The molecule has 150 valence electrons. The minimum Gasteiger partial charge on any atom is -0.497 e. The van der Waals surface area contributed by atoms with Crippen molar-refractivity contribution in [2.75, 3.05) is 12.4 Å². The zero-order valence-electron chi connectivity index (χ0n) is 17.2. The van der Waals surface area contributed by atoms with Crippen LogP contribution in [0.4, 0.5) is 5.69 Å². The number of rotatable bonds is 8. The molecule has 3 aromatic rings. The number of benzene rings is 3. The van der Waals surface area contributed by atoms with Crippen LogP contribution in [0.2, 0.25) is 0 Å². The van der Waals surface area contributed by atoms with E-state index in [1.807, 2.05) is 54.6 Å². The second-order valence-corrected chi connectivity index (χ2v) is 7.10. The standard InChI is InChI=1S/C25H28N2O2/c1-4-23(19-15-13-18(2)14-16-19)27-24(20-9-6-5-7-10-20)25(28)26-21-11-8-12-22(17-21)29-3/h5-17,23-24,27H,4H2,1-3H3,(H,26,28)/t23-,24-/m0/s1. The molecule has 0 radical (unpaired) electrons. The Labute approximate surface area is 172 Å².